The first kappa shape index (κ1) is 22.3. The van der Waals surface area contributed by atoms with Crippen LogP contribution >= 0.6 is 0 Å². The summed E-state index contributed by atoms with van der Waals surface area (Å²) < 4.78 is 15.4. The number of aliphatic hydroxyl groups excluding tert-OH is 3. The van der Waals surface area contributed by atoms with E-state index >= 15 is 0 Å². The fourth-order valence-corrected chi connectivity index (χ4v) is 2.83. The summed E-state index contributed by atoms with van der Waals surface area (Å²) in [5.74, 6) is -1.36. The highest BCUT2D eigenvalue weighted by Crippen LogP contribution is 2.23. The number of carbonyl (C=O) groups excluding carboxylic acids is 1. The van der Waals surface area contributed by atoms with Crippen molar-refractivity contribution < 1.29 is 44.2 Å². The molecule has 0 spiro atoms. The Kier molecular flexibility index (Phi) is 7.90. The largest absolute Gasteiger partial charge is 0.497 e. The summed E-state index contributed by atoms with van der Waals surface area (Å²) in [4.78, 5) is 23.4. The first-order valence-electron chi connectivity index (χ1n) is 8.94. The monoisotopic (exact) mass is 398 g/mol. The molecule has 0 saturated carbocycles. The number of carbonyl (C=O) groups is 2. The number of carboxylic acids is 1. The molecule has 6 unspecified atom stereocenters. The lowest BCUT2D eigenvalue weighted by atomic mass is 9.98. The van der Waals surface area contributed by atoms with Gasteiger partial charge in [-0.05, 0) is 24.1 Å². The summed E-state index contributed by atoms with van der Waals surface area (Å²) in [5, 5.41) is 38.3. The highest BCUT2D eigenvalue weighted by molar-refractivity contribution is 5.81. The smallest absolute Gasteiger partial charge is 0.335 e. The van der Waals surface area contributed by atoms with E-state index in [-0.39, 0.29) is 18.8 Å². The summed E-state index contributed by atoms with van der Waals surface area (Å²) in [6.45, 7) is 1.52. The maximum Gasteiger partial charge on any atom is 0.335 e. The SMILES string of the molecule is COc1ccc(CCC(=O)C(C)COC2OC(C(=O)O)C(O)C(O)C2O)cc1. The normalized spacial score (nSPS) is 28.5. The summed E-state index contributed by atoms with van der Waals surface area (Å²) in [5.41, 5.74) is 0.981. The van der Waals surface area contributed by atoms with E-state index < -0.39 is 42.6 Å². The molecule has 0 bridgehead atoms. The predicted octanol–water partition coefficient (Wildman–Crippen LogP) is -0.258. The summed E-state index contributed by atoms with van der Waals surface area (Å²) in [6.07, 6.45) is -7.52. The highest BCUT2D eigenvalue weighted by Gasteiger charge is 2.47. The van der Waals surface area contributed by atoms with Crippen LogP contribution in [0.1, 0.15) is 18.9 Å². The van der Waals surface area contributed by atoms with Crippen molar-refractivity contribution in [2.24, 2.45) is 5.92 Å². The van der Waals surface area contributed by atoms with E-state index in [1.807, 2.05) is 24.3 Å². The quantitative estimate of drug-likeness (QED) is 0.442. The Balaban J connectivity index is 1.83. The van der Waals surface area contributed by atoms with Crippen molar-refractivity contribution in [1.29, 1.82) is 0 Å². The van der Waals surface area contributed by atoms with E-state index in [0.717, 1.165) is 11.3 Å². The molecule has 1 aliphatic rings. The van der Waals surface area contributed by atoms with Crippen molar-refractivity contribution in [1.82, 2.24) is 0 Å². The first-order valence-corrected chi connectivity index (χ1v) is 8.94. The van der Waals surface area contributed by atoms with Crippen LogP contribution in [-0.4, -0.2) is 76.6 Å². The molecule has 156 valence electrons. The number of aliphatic carboxylic acids is 1. The zero-order valence-electron chi connectivity index (χ0n) is 15.7. The minimum Gasteiger partial charge on any atom is -0.497 e. The van der Waals surface area contributed by atoms with Gasteiger partial charge in [-0.2, -0.15) is 0 Å². The number of rotatable bonds is 9. The van der Waals surface area contributed by atoms with Gasteiger partial charge in [0.15, 0.2) is 12.4 Å². The molecule has 1 aromatic carbocycles. The maximum absolute atomic E-state index is 12.3. The minimum absolute atomic E-state index is 0.0727. The van der Waals surface area contributed by atoms with Crippen LogP contribution in [0.3, 0.4) is 0 Å². The van der Waals surface area contributed by atoms with Crippen LogP contribution in [0.4, 0.5) is 0 Å². The van der Waals surface area contributed by atoms with Gasteiger partial charge in [0.05, 0.1) is 13.7 Å². The third-order valence-corrected chi connectivity index (χ3v) is 4.69. The van der Waals surface area contributed by atoms with E-state index in [2.05, 4.69) is 0 Å². The molecule has 1 fully saturated rings. The van der Waals surface area contributed by atoms with Crippen LogP contribution in [0, 0.1) is 5.92 Å². The number of hydrogen-bond donors (Lipinski definition) is 4. The van der Waals surface area contributed by atoms with Crippen molar-refractivity contribution >= 4 is 11.8 Å². The summed E-state index contributed by atoms with van der Waals surface area (Å²) >= 11 is 0. The summed E-state index contributed by atoms with van der Waals surface area (Å²) in [7, 11) is 1.57. The Morgan fingerprint density at radius 2 is 1.75 bits per heavy atom. The Morgan fingerprint density at radius 1 is 1.11 bits per heavy atom. The predicted molar refractivity (Wildman–Crippen MR) is 95.8 cm³/mol. The average molecular weight is 398 g/mol. The lowest BCUT2D eigenvalue weighted by molar-refractivity contribution is -0.295. The summed E-state index contributed by atoms with van der Waals surface area (Å²) in [6, 6.07) is 7.37. The van der Waals surface area contributed by atoms with Crippen LogP contribution in [0.15, 0.2) is 24.3 Å². The Bertz CT molecular complexity index is 660. The average Bonchev–Trinajstić information content (AvgIpc) is 2.69. The second-order valence-corrected chi connectivity index (χ2v) is 6.78. The van der Waals surface area contributed by atoms with Crippen LogP contribution in [-0.2, 0) is 25.5 Å². The molecule has 28 heavy (non-hydrogen) atoms. The Hall–Kier alpha value is -2.04. The van der Waals surface area contributed by atoms with Gasteiger partial charge in [-0.1, -0.05) is 19.1 Å². The molecule has 9 heteroatoms. The molecule has 1 saturated heterocycles. The number of benzene rings is 1. The Labute approximate surface area is 162 Å². The van der Waals surface area contributed by atoms with Gasteiger partial charge in [0.2, 0.25) is 0 Å². The van der Waals surface area contributed by atoms with Gasteiger partial charge in [-0.15, -0.1) is 0 Å². The van der Waals surface area contributed by atoms with Gasteiger partial charge >= 0.3 is 5.97 Å². The zero-order valence-corrected chi connectivity index (χ0v) is 15.7. The second-order valence-electron chi connectivity index (χ2n) is 6.78. The Morgan fingerprint density at radius 3 is 2.32 bits per heavy atom. The highest BCUT2D eigenvalue weighted by atomic mass is 16.7. The van der Waals surface area contributed by atoms with E-state index in [9.17, 15) is 24.9 Å². The molecule has 1 aliphatic heterocycles. The van der Waals surface area contributed by atoms with Crippen LogP contribution in [0.2, 0.25) is 0 Å². The van der Waals surface area contributed by atoms with Crippen molar-refractivity contribution in [2.75, 3.05) is 13.7 Å². The number of ether oxygens (including phenoxy) is 3. The lowest BCUT2D eigenvalue weighted by Crippen LogP contribution is -2.60. The minimum atomic E-state index is -1.78. The molecule has 9 nitrogen and oxygen atoms in total. The van der Waals surface area contributed by atoms with Gasteiger partial charge in [0.1, 0.15) is 29.8 Å². The van der Waals surface area contributed by atoms with Crippen molar-refractivity contribution in [3.8, 4) is 5.75 Å². The second kappa shape index (κ2) is 9.94. The number of aliphatic hydroxyl groups is 3. The van der Waals surface area contributed by atoms with Crippen molar-refractivity contribution in [3.63, 3.8) is 0 Å². The lowest BCUT2D eigenvalue weighted by Gasteiger charge is -2.38. The molecule has 1 aromatic rings. The number of Topliss-reactive ketones (excluding diaryl/α,β-unsaturated/α-hetero) is 1. The van der Waals surface area contributed by atoms with E-state index in [4.69, 9.17) is 19.3 Å². The third kappa shape index (κ3) is 5.49. The third-order valence-electron chi connectivity index (χ3n) is 4.69. The molecule has 0 aromatic heterocycles. The fraction of sp³-hybridized carbons (Fsp3) is 0.579. The molecular weight excluding hydrogens is 372 g/mol. The topological polar surface area (TPSA) is 143 Å². The molecular formula is C19H26O9. The maximum atomic E-state index is 12.3. The molecule has 4 N–H and O–H groups in total. The van der Waals surface area contributed by atoms with Crippen LogP contribution in [0.25, 0.3) is 0 Å². The van der Waals surface area contributed by atoms with Gasteiger partial charge in [0, 0.05) is 12.3 Å². The molecule has 2 rings (SSSR count). The van der Waals surface area contributed by atoms with Crippen LogP contribution < -0.4 is 4.74 Å². The van der Waals surface area contributed by atoms with Crippen molar-refractivity contribution in [2.45, 2.75) is 50.5 Å². The first-order chi connectivity index (χ1) is 13.2. The van der Waals surface area contributed by atoms with Gasteiger partial charge in [-0.3, -0.25) is 4.79 Å². The van der Waals surface area contributed by atoms with Crippen molar-refractivity contribution in [3.05, 3.63) is 29.8 Å². The van der Waals surface area contributed by atoms with Crippen LogP contribution in [0.5, 0.6) is 5.75 Å². The van der Waals surface area contributed by atoms with Gasteiger partial charge < -0.3 is 34.6 Å². The fourth-order valence-electron chi connectivity index (χ4n) is 2.83. The van der Waals surface area contributed by atoms with E-state index in [0.29, 0.717) is 6.42 Å². The molecule has 0 aliphatic carbocycles. The van der Waals surface area contributed by atoms with Gasteiger partial charge in [0.25, 0.3) is 0 Å². The van der Waals surface area contributed by atoms with E-state index in [1.165, 1.54) is 0 Å². The standard InChI is InChI=1S/C19H26O9/c1-10(13(20)8-5-11-3-6-12(26-2)7-4-11)9-27-19-16(23)14(21)15(22)17(28-19)18(24)25/h3-4,6-7,10,14-17,19,21-23H,5,8-9H2,1-2H3,(H,24,25). The molecule has 1 heterocycles. The number of methoxy groups -OCH3 is 1. The molecule has 0 amide bonds. The van der Waals surface area contributed by atoms with Gasteiger partial charge in [-0.25, -0.2) is 4.79 Å². The van der Waals surface area contributed by atoms with E-state index in [1.54, 1.807) is 14.0 Å². The number of aryl methyl sites for hydroxylation is 1. The molecule has 6 atom stereocenters. The number of hydrogen-bond acceptors (Lipinski definition) is 8. The number of carboxylic acid groups (broad SMARTS) is 1. The number of ketones is 1. The zero-order chi connectivity index (χ0) is 20.8. The molecule has 0 radical (unpaired) electrons.